The number of halogens is 1. The highest BCUT2D eigenvalue weighted by Gasteiger charge is 2.29. The Labute approximate surface area is 185 Å². The van der Waals surface area contributed by atoms with Crippen LogP contribution < -0.4 is 14.4 Å². The van der Waals surface area contributed by atoms with Crippen LogP contribution in [0.3, 0.4) is 0 Å². The van der Waals surface area contributed by atoms with Crippen molar-refractivity contribution in [2.45, 2.75) is 4.90 Å². The van der Waals surface area contributed by atoms with E-state index in [4.69, 9.17) is 21.1 Å². The van der Waals surface area contributed by atoms with Crippen LogP contribution in [-0.4, -0.2) is 55.9 Å². The van der Waals surface area contributed by atoms with Gasteiger partial charge in [0.25, 0.3) is 0 Å². The highest BCUT2D eigenvalue weighted by molar-refractivity contribution is 7.89. The topological polar surface area (TPSA) is 84.9 Å². The van der Waals surface area contributed by atoms with Crippen molar-refractivity contribution in [2.75, 3.05) is 37.9 Å². The van der Waals surface area contributed by atoms with Crippen molar-refractivity contribution in [3.8, 4) is 22.8 Å². The Morgan fingerprint density at radius 1 is 0.871 bits per heavy atom. The lowest BCUT2D eigenvalue weighted by Gasteiger charge is -2.34. The van der Waals surface area contributed by atoms with E-state index in [0.717, 1.165) is 17.0 Å². The largest absolute Gasteiger partial charge is 0.454 e. The van der Waals surface area contributed by atoms with E-state index in [1.54, 1.807) is 18.2 Å². The summed E-state index contributed by atoms with van der Waals surface area (Å²) in [6.45, 7) is 2.00. The lowest BCUT2D eigenvalue weighted by atomic mass is 10.1. The number of nitrogens with zero attached hydrogens (tertiary/aromatic N) is 4. The van der Waals surface area contributed by atoms with Crippen LogP contribution in [0.1, 0.15) is 0 Å². The van der Waals surface area contributed by atoms with E-state index in [1.165, 1.54) is 10.4 Å². The molecule has 0 saturated carbocycles. The lowest BCUT2D eigenvalue weighted by molar-refractivity contribution is 0.174. The van der Waals surface area contributed by atoms with Gasteiger partial charge in [0, 0.05) is 36.8 Å². The van der Waals surface area contributed by atoms with E-state index in [1.807, 2.05) is 35.2 Å². The molecule has 2 aliphatic rings. The molecule has 0 atom stereocenters. The van der Waals surface area contributed by atoms with Crippen molar-refractivity contribution in [1.29, 1.82) is 0 Å². The smallest absolute Gasteiger partial charge is 0.243 e. The van der Waals surface area contributed by atoms with Crippen molar-refractivity contribution >= 4 is 27.4 Å². The molecule has 2 aromatic carbocycles. The van der Waals surface area contributed by atoms with Crippen LogP contribution in [-0.2, 0) is 10.0 Å². The van der Waals surface area contributed by atoms with Crippen LogP contribution >= 0.6 is 11.6 Å². The van der Waals surface area contributed by atoms with Gasteiger partial charge in [0.2, 0.25) is 16.8 Å². The van der Waals surface area contributed by atoms with Gasteiger partial charge >= 0.3 is 0 Å². The second-order valence-corrected chi connectivity index (χ2v) is 9.57. The SMILES string of the molecule is O=S(=O)(c1cccc(Cl)c1)N1CCN(c2ccc(-c3ccc4c(c3)OCO4)nn2)CC1. The van der Waals surface area contributed by atoms with E-state index < -0.39 is 10.0 Å². The molecule has 0 radical (unpaired) electrons. The lowest BCUT2D eigenvalue weighted by Crippen LogP contribution is -2.49. The number of rotatable bonds is 4. The standard InChI is InChI=1S/C21H19ClN4O4S/c22-16-2-1-3-17(13-16)31(27,28)26-10-8-25(9-11-26)21-7-5-18(23-24-21)15-4-6-19-20(12-15)30-14-29-19/h1-7,12-13H,8-11,14H2. The first-order chi connectivity index (χ1) is 15.0. The van der Waals surface area contributed by atoms with Crippen molar-refractivity contribution in [2.24, 2.45) is 0 Å². The van der Waals surface area contributed by atoms with Crippen LogP contribution in [0.2, 0.25) is 5.02 Å². The van der Waals surface area contributed by atoms with Gasteiger partial charge in [-0.05, 0) is 48.5 Å². The first-order valence-corrected chi connectivity index (χ1v) is 11.6. The van der Waals surface area contributed by atoms with Gasteiger partial charge in [0.1, 0.15) is 0 Å². The molecule has 0 aliphatic carbocycles. The summed E-state index contributed by atoms with van der Waals surface area (Å²) in [5, 5.41) is 9.09. The Bertz CT molecular complexity index is 1210. The minimum atomic E-state index is -3.57. The highest BCUT2D eigenvalue weighted by Crippen LogP contribution is 2.35. The Balaban J connectivity index is 1.27. The van der Waals surface area contributed by atoms with E-state index in [0.29, 0.717) is 42.8 Å². The molecule has 31 heavy (non-hydrogen) atoms. The molecule has 2 aliphatic heterocycles. The number of aromatic nitrogens is 2. The molecular formula is C21H19ClN4O4S. The minimum Gasteiger partial charge on any atom is -0.454 e. The Hall–Kier alpha value is -2.88. The molecule has 1 saturated heterocycles. The van der Waals surface area contributed by atoms with E-state index >= 15 is 0 Å². The maximum absolute atomic E-state index is 12.9. The number of sulfonamides is 1. The molecule has 160 valence electrons. The molecule has 1 aromatic heterocycles. The Morgan fingerprint density at radius 2 is 1.68 bits per heavy atom. The van der Waals surface area contributed by atoms with Crippen molar-refractivity contribution in [3.05, 3.63) is 59.6 Å². The number of anilines is 1. The van der Waals surface area contributed by atoms with Gasteiger partial charge in [-0.1, -0.05) is 17.7 Å². The molecule has 10 heteroatoms. The van der Waals surface area contributed by atoms with Gasteiger partial charge in [0.05, 0.1) is 10.6 Å². The summed E-state index contributed by atoms with van der Waals surface area (Å²) in [5.74, 6) is 2.13. The molecule has 3 aromatic rings. The number of hydrogen-bond donors (Lipinski definition) is 0. The molecule has 0 N–H and O–H groups in total. The fraction of sp³-hybridized carbons (Fsp3) is 0.238. The summed E-state index contributed by atoms with van der Waals surface area (Å²) in [6, 6.07) is 15.8. The molecular weight excluding hydrogens is 440 g/mol. The average molecular weight is 459 g/mol. The van der Waals surface area contributed by atoms with E-state index in [2.05, 4.69) is 10.2 Å². The molecule has 0 amide bonds. The summed E-state index contributed by atoms with van der Waals surface area (Å²) in [5.41, 5.74) is 1.62. The quantitative estimate of drug-likeness (QED) is 0.594. The predicted molar refractivity (Wildman–Crippen MR) is 116 cm³/mol. The maximum Gasteiger partial charge on any atom is 0.243 e. The van der Waals surface area contributed by atoms with E-state index in [9.17, 15) is 8.42 Å². The summed E-state index contributed by atoms with van der Waals surface area (Å²) in [4.78, 5) is 2.24. The number of ether oxygens (including phenoxy) is 2. The van der Waals surface area contributed by atoms with Crippen molar-refractivity contribution in [3.63, 3.8) is 0 Å². The van der Waals surface area contributed by atoms with E-state index in [-0.39, 0.29) is 11.7 Å². The first-order valence-electron chi connectivity index (χ1n) is 9.75. The zero-order valence-corrected chi connectivity index (χ0v) is 18.0. The molecule has 8 nitrogen and oxygen atoms in total. The normalized spacial score (nSPS) is 16.5. The second-order valence-electron chi connectivity index (χ2n) is 7.19. The highest BCUT2D eigenvalue weighted by atomic mass is 35.5. The van der Waals surface area contributed by atoms with Crippen LogP contribution in [0, 0.1) is 0 Å². The summed E-state index contributed by atoms with van der Waals surface area (Å²) in [7, 11) is -3.57. The van der Waals surface area contributed by atoms with Gasteiger partial charge in [0.15, 0.2) is 17.3 Å². The monoisotopic (exact) mass is 458 g/mol. The average Bonchev–Trinajstić information content (AvgIpc) is 3.27. The minimum absolute atomic E-state index is 0.210. The van der Waals surface area contributed by atoms with Crippen molar-refractivity contribution < 1.29 is 17.9 Å². The third-order valence-corrected chi connectivity index (χ3v) is 7.45. The number of fused-ring (bicyclic) bond motifs is 1. The summed E-state index contributed by atoms with van der Waals surface area (Å²) < 4.78 is 38.0. The van der Waals surface area contributed by atoms with Crippen LogP contribution in [0.5, 0.6) is 11.5 Å². The van der Waals surface area contributed by atoms with Crippen LogP contribution in [0.4, 0.5) is 5.82 Å². The fourth-order valence-electron chi connectivity index (χ4n) is 3.64. The first kappa shape index (κ1) is 20.0. The van der Waals surface area contributed by atoms with Gasteiger partial charge in [-0.25, -0.2) is 8.42 Å². The third kappa shape index (κ3) is 3.91. The molecule has 0 spiro atoms. The molecule has 0 bridgehead atoms. The number of benzene rings is 2. The zero-order chi connectivity index (χ0) is 21.4. The van der Waals surface area contributed by atoms with Gasteiger partial charge < -0.3 is 14.4 Å². The summed E-state index contributed by atoms with van der Waals surface area (Å²) in [6.07, 6.45) is 0. The number of piperazine rings is 1. The van der Waals surface area contributed by atoms with Crippen LogP contribution in [0.15, 0.2) is 59.5 Å². The Morgan fingerprint density at radius 3 is 2.42 bits per heavy atom. The van der Waals surface area contributed by atoms with Gasteiger partial charge in [-0.15, -0.1) is 10.2 Å². The van der Waals surface area contributed by atoms with Gasteiger partial charge in [-0.3, -0.25) is 0 Å². The van der Waals surface area contributed by atoms with Crippen LogP contribution in [0.25, 0.3) is 11.3 Å². The second kappa shape index (κ2) is 7.99. The third-order valence-electron chi connectivity index (χ3n) is 5.32. The fourth-order valence-corrected chi connectivity index (χ4v) is 5.36. The molecule has 3 heterocycles. The summed E-state index contributed by atoms with van der Waals surface area (Å²) >= 11 is 5.96. The molecule has 5 rings (SSSR count). The molecule has 0 unspecified atom stereocenters. The van der Waals surface area contributed by atoms with Crippen molar-refractivity contribution in [1.82, 2.24) is 14.5 Å². The van der Waals surface area contributed by atoms with Gasteiger partial charge in [-0.2, -0.15) is 4.31 Å². The predicted octanol–water partition coefficient (Wildman–Crippen LogP) is 3.04. The maximum atomic E-state index is 12.9. The molecule has 1 fully saturated rings. The number of hydrogen-bond acceptors (Lipinski definition) is 7. The zero-order valence-electron chi connectivity index (χ0n) is 16.4. The Kier molecular flexibility index (Phi) is 5.17.